The summed E-state index contributed by atoms with van der Waals surface area (Å²) in [6, 6.07) is 8.86. The summed E-state index contributed by atoms with van der Waals surface area (Å²) in [6.07, 6.45) is 0. The van der Waals surface area contributed by atoms with Crippen LogP contribution in [-0.4, -0.2) is 23.2 Å². The summed E-state index contributed by atoms with van der Waals surface area (Å²) in [4.78, 5) is 13.6. The number of H-pyrrole nitrogens is 1. The van der Waals surface area contributed by atoms with Crippen molar-refractivity contribution in [3.05, 3.63) is 36.0 Å². The summed E-state index contributed by atoms with van der Waals surface area (Å²) in [5, 5.41) is 8.88. The number of ether oxygens (including phenoxy) is 1. The fraction of sp³-hybridized carbons (Fsp3) is 0.0833. The van der Waals surface area contributed by atoms with Gasteiger partial charge in [0.2, 0.25) is 0 Å². The molecule has 4 N–H and O–H groups in total. The lowest BCUT2D eigenvalue weighted by Crippen LogP contribution is -2.00. The normalized spacial score (nSPS) is 10.2. The smallest absolute Gasteiger partial charge is 0.354 e. The van der Waals surface area contributed by atoms with E-state index in [0.717, 1.165) is 11.3 Å². The van der Waals surface area contributed by atoms with Gasteiger partial charge < -0.3 is 20.6 Å². The van der Waals surface area contributed by atoms with Crippen molar-refractivity contribution in [2.75, 3.05) is 12.8 Å². The molecule has 0 bridgehead atoms. The van der Waals surface area contributed by atoms with E-state index < -0.39 is 5.97 Å². The van der Waals surface area contributed by atoms with Crippen molar-refractivity contribution < 1.29 is 14.6 Å². The maximum absolute atomic E-state index is 10.8. The second-order valence-electron chi connectivity index (χ2n) is 3.55. The average molecular weight is 232 g/mol. The first-order valence-electron chi connectivity index (χ1n) is 4.98. The number of hydrogen-bond acceptors (Lipinski definition) is 3. The van der Waals surface area contributed by atoms with Crippen molar-refractivity contribution >= 4 is 11.7 Å². The lowest BCUT2D eigenvalue weighted by atomic mass is 10.1. The molecule has 1 aromatic heterocycles. The third-order valence-corrected chi connectivity index (χ3v) is 2.46. The number of aromatic carboxylic acids is 1. The number of benzene rings is 1. The molecule has 0 fully saturated rings. The van der Waals surface area contributed by atoms with Gasteiger partial charge in [-0.05, 0) is 35.9 Å². The van der Waals surface area contributed by atoms with Crippen LogP contribution in [-0.2, 0) is 0 Å². The highest BCUT2D eigenvalue weighted by molar-refractivity contribution is 5.93. The highest BCUT2D eigenvalue weighted by atomic mass is 16.5. The monoisotopic (exact) mass is 232 g/mol. The molecule has 2 rings (SSSR count). The van der Waals surface area contributed by atoms with Gasteiger partial charge in [-0.1, -0.05) is 0 Å². The molecule has 0 saturated carbocycles. The van der Waals surface area contributed by atoms with Gasteiger partial charge in [0.25, 0.3) is 0 Å². The fourth-order valence-electron chi connectivity index (χ4n) is 1.57. The molecule has 0 radical (unpaired) electrons. The Morgan fingerprint density at radius 3 is 2.47 bits per heavy atom. The number of nitrogens with two attached hydrogens (primary N) is 1. The quantitative estimate of drug-likeness (QED) is 0.754. The first-order valence-corrected chi connectivity index (χ1v) is 4.98. The Hall–Kier alpha value is -2.43. The van der Waals surface area contributed by atoms with Crippen LogP contribution in [0.3, 0.4) is 0 Å². The molecule has 5 nitrogen and oxygen atoms in total. The summed E-state index contributed by atoms with van der Waals surface area (Å²) >= 11 is 0. The third-order valence-electron chi connectivity index (χ3n) is 2.46. The summed E-state index contributed by atoms with van der Waals surface area (Å²) < 4.78 is 5.04. The Labute approximate surface area is 97.8 Å². The van der Waals surface area contributed by atoms with Gasteiger partial charge in [0.05, 0.1) is 12.8 Å². The van der Waals surface area contributed by atoms with Crippen molar-refractivity contribution in [1.82, 2.24) is 4.98 Å². The van der Waals surface area contributed by atoms with E-state index in [1.54, 1.807) is 25.3 Å². The van der Waals surface area contributed by atoms with Crippen molar-refractivity contribution in [3.63, 3.8) is 0 Å². The molecule has 0 atom stereocenters. The summed E-state index contributed by atoms with van der Waals surface area (Å²) in [5.41, 5.74) is 7.36. The second-order valence-corrected chi connectivity index (χ2v) is 3.55. The van der Waals surface area contributed by atoms with E-state index in [9.17, 15) is 4.79 Å². The Kier molecular flexibility index (Phi) is 2.74. The molecule has 0 aliphatic carbocycles. The summed E-state index contributed by atoms with van der Waals surface area (Å²) in [5.74, 6) is -0.325. The van der Waals surface area contributed by atoms with Gasteiger partial charge in [0.1, 0.15) is 11.4 Å². The van der Waals surface area contributed by atoms with E-state index in [-0.39, 0.29) is 11.4 Å². The molecule has 1 aromatic carbocycles. The van der Waals surface area contributed by atoms with Gasteiger partial charge in [0, 0.05) is 5.69 Å². The number of rotatable bonds is 3. The minimum absolute atomic E-state index is 0.0100. The lowest BCUT2D eigenvalue weighted by molar-refractivity contribution is 0.0692. The molecular weight excluding hydrogens is 220 g/mol. The molecule has 5 heteroatoms. The highest BCUT2D eigenvalue weighted by Crippen LogP contribution is 2.25. The SMILES string of the molecule is COc1ccc(-c2cc(N)c(C(=O)O)[nH]2)cc1. The number of hydrogen-bond donors (Lipinski definition) is 3. The fourth-order valence-corrected chi connectivity index (χ4v) is 1.57. The number of anilines is 1. The number of aromatic amines is 1. The maximum Gasteiger partial charge on any atom is 0.354 e. The van der Waals surface area contributed by atoms with E-state index in [0.29, 0.717) is 5.69 Å². The average Bonchev–Trinajstić information content (AvgIpc) is 2.71. The Morgan fingerprint density at radius 2 is 2.00 bits per heavy atom. The zero-order chi connectivity index (χ0) is 12.4. The van der Waals surface area contributed by atoms with Crippen LogP contribution >= 0.6 is 0 Å². The van der Waals surface area contributed by atoms with Crippen LogP contribution < -0.4 is 10.5 Å². The number of carbonyl (C=O) groups is 1. The molecule has 0 unspecified atom stereocenters. The van der Waals surface area contributed by atoms with Crippen LogP contribution in [0.25, 0.3) is 11.3 Å². The predicted octanol–water partition coefficient (Wildman–Crippen LogP) is 1.97. The lowest BCUT2D eigenvalue weighted by Gasteiger charge is -2.01. The van der Waals surface area contributed by atoms with Crippen molar-refractivity contribution in [1.29, 1.82) is 0 Å². The molecule has 1 heterocycles. The first kappa shape index (κ1) is 11.1. The number of carboxylic acid groups (broad SMARTS) is 1. The van der Waals surface area contributed by atoms with Crippen molar-refractivity contribution in [2.24, 2.45) is 0 Å². The van der Waals surface area contributed by atoms with Gasteiger partial charge in [-0.3, -0.25) is 0 Å². The Morgan fingerprint density at radius 1 is 1.35 bits per heavy atom. The van der Waals surface area contributed by atoms with E-state index in [2.05, 4.69) is 4.98 Å². The largest absolute Gasteiger partial charge is 0.497 e. The van der Waals surface area contributed by atoms with Gasteiger partial charge in [0.15, 0.2) is 0 Å². The topological polar surface area (TPSA) is 88.3 Å². The van der Waals surface area contributed by atoms with Crippen LogP contribution in [0.4, 0.5) is 5.69 Å². The molecule has 2 aromatic rings. The van der Waals surface area contributed by atoms with Crippen LogP contribution in [0, 0.1) is 0 Å². The second kappa shape index (κ2) is 4.21. The molecule has 17 heavy (non-hydrogen) atoms. The molecular formula is C12H12N2O3. The minimum atomic E-state index is -1.07. The molecule has 0 aliphatic heterocycles. The van der Waals surface area contributed by atoms with E-state index in [1.165, 1.54) is 0 Å². The van der Waals surface area contributed by atoms with Crippen LogP contribution in [0.5, 0.6) is 5.75 Å². The number of aromatic nitrogens is 1. The Balaban J connectivity index is 2.39. The number of nitrogen functional groups attached to an aromatic ring is 1. The zero-order valence-electron chi connectivity index (χ0n) is 9.23. The first-order chi connectivity index (χ1) is 8.11. The molecule has 0 amide bonds. The molecule has 88 valence electrons. The molecule has 0 aliphatic rings. The van der Waals surface area contributed by atoms with Gasteiger partial charge in [-0.15, -0.1) is 0 Å². The highest BCUT2D eigenvalue weighted by Gasteiger charge is 2.12. The van der Waals surface area contributed by atoms with E-state index >= 15 is 0 Å². The van der Waals surface area contributed by atoms with Gasteiger partial charge in [-0.25, -0.2) is 4.79 Å². The van der Waals surface area contributed by atoms with E-state index in [4.69, 9.17) is 15.6 Å². The van der Waals surface area contributed by atoms with Crippen LogP contribution in [0.2, 0.25) is 0 Å². The van der Waals surface area contributed by atoms with Crippen LogP contribution in [0.1, 0.15) is 10.5 Å². The molecule has 0 saturated heterocycles. The minimum Gasteiger partial charge on any atom is -0.497 e. The summed E-state index contributed by atoms with van der Waals surface area (Å²) in [6.45, 7) is 0. The number of methoxy groups -OCH3 is 1. The third kappa shape index (κ3) is 2.08. The summed E-state index contributed by atoms with van der Waals surface area (Å²) in [7, 11) is 1.59. The van der Waals surface area contributed by atoms with Crippen LogP contribution in [0.15, 0.2) is 30.3 Å². The standard InChI is InChI=1S/C12H12N2O3/c1-17-8-4-2-7(3-5-8)10-6-9(13)11(14-10)12(15)16/h2-6,14H,13H2,1H3,(H,15,16). The maximum atomic E-state index is 10.8. The molecule has 0 spiro atoms. The predicted molar refractivity (Wildman–Crippen MR) is 64.2 cm³/mol. The number of nitrogens with one attached hydrogen (secondary N) is 1. The van der Waals surface area contributed by atoms with E-state index in [1.807, 2.05) is 12.1 Å². The van der Waals surface area contributed by atoms with Gasteiger partial charge >= 0.3 is 5.97 Å². The number of carboxylic acids is 1. The van der Waals surface area contributed by atoms with Gasteiger partial charge in [-0.2, -0.15) is 0 Å². The van der Waals surface area contributed by atoms with Crippen molar-refractivity contribution in [3.8, 4) is 17.0 Å². The van der Waals surface area contributed by atoms with Crippen molar-refractivity contribution in [2.45, 2.75) is 0 Å². The Bertz CT molecular complexity index is 543. The zero-order valence-corrected chi connectivity index (χ0v) is 9.23.